The van der Waals surface area contributed by atoms with E-state index in [4.69, 9.17) is 5.73 Å². The molecule has 0 fully saturated rings. The van der Waals surface area contributed by atoms with E-state index in [-0.39, 0.29) is 11.5 Å². The lowest BCUT2D eigenvalue weighted by Gasteiger charge is -2.25. The lowest BCUT2D eigenvalue weighted by Crippen LogP contribution is -2.34. The van der Waals surface area contributed by atoms with Gasteiger partial charge in [-0.15, -0.1) is 0 Å². The van der Waals surface area contributed by atoms with Crippen LogP contribution in [-0.2, 0) is 6.42 Å². The van der Waals surface area contributed by atoms with Crippen LogP contribution in [-0.4, -0.2) is 23.1 Å². The number of nitrogen functional groups attached to an aromatic ring is 1. The Balaban J connectivity index is 1.61. The van der Waals surface area contributed by atoms with Gasteiger partial charge in [0.2, 0.25) is 5.95 Å². The zero-order chi connectivity index (χ0) is 17.1. The van der Waals surface area contributed by atoms with Gasteiger partial charge in [0.1, 0.15) is 5.82 Å². The quantitative estimate of drug-likeness (QED) is 0.677. The van der Waals surface area contributed by atoms with Crippen LogP contribution in [0, 0.1) is 5.92 Å². The highest BCUT2D eigenvalue weighted by molar-refractivity contribution is 5.49. The van der Waals surface area contributed by atoms with E-state index in [0.29, 0.717) is 29.6 Å². The maximum absolute atomic E-state index is 12.0. The first-order valence-corrected chi connectivity index (χ1v) is 8.53. The second-order valence-corrected chi connectivity index (χ2v) is 6.54. The summed E-state index contributed by atoms with van der Waals surface area (Å²) in [4.78, 5) is 18.7. The Bertz CT molecular complexity index is 753. The van der Waals surface area contributed by atoms with Crippen LogP contribution >= 0.6 is 0 Å². The molecule has 3 rings (SSSR count). The molecule has 6 nitrogen and oxygen atoms in total. The van der Waals surface area contributed by atoms with Gasteiger partial charge in [0.15, 0.2) is 0 Å². The van der Waals surface area contributed by atoms with E-state index in [1.807, 2.05) is 0 Å². The Hall–Kier alpha value is -2.50. The Morgan fingerprint density at radius 2 is 2.12 bits per heavy atom. The van der Waals surface area contributed by atoms with Crippen LogP contribution in [0.3, 0.4) is 0 Å². The van der Waals surface area contributed by atoms with Crippen LogP contribution < -0.4 is 21.9 Å². The van der Waals surface area contributed by atoms with E-state index in [1.54, 1.807) is 0 Å². The number of anilines is 3. The summed E-state index contributed by atoms with van der Waals surface area (Å²) < 4.78 is 0. The minimum absolute atomic E-state index is 0.146. The van der Waals surface area contributed by atoms with Gasteiger partial charge in [-0.2, -0.15) is 4.98 Å². The van der Waals surface area contributed by atoms with Crippen molar-refractivity contribution in [2.24, 2.45) is 5.92 Å². The summed E-state index contributed by atoms with van der Waals surface area (Å²) in [5.74, 6) is 1.69. The largest absolute Gasteiger partial charge is 0.385 e. The molecule has 128 valence electrons. The molecule has 2 atom stereocenters. The molecule has 0 aliphatic carbocycles. The van der Waals surface area contributed by atoms with Crippen LogP contribution in [0.4, 0.5) is 17.5 Å². The number of aromatic nitrogens is 2. The van der Waals surface area contributed by atoms with Crippen molar-refractivity contribution in [3.05, 3.63) is 45.7 Å². The van der Waals surface area contributed by atoms with E-state index >= 15 is 0 Å². The van der Waals surface area contributed by atoms with E-state index < -0.39 is 0 Å². The molecule has 5 N–H and O–H groups in total. The Morgan fingerprint density at radius 1 is 1.38 bits per heavy atom. The number of nitrogens with zero attached hydrogens (tertiary/aromatic N) is 1. The van der Waals surface area contributed by atoms with Crippen molar-refractivity contribution in [3.63, 3.8) is 0 Å². The van der Waals surface area contributed by atoms with E-state index in [2.05, 4.69) is 58.7 Å². The lowest BCUT2D eigenvalue weighted by molar-refractivity contribution is 0.558. The summed E-state index contributed by atoms with van der Waals surface area (Å²) in [6.07, 6.45) is 1.84. The molecule has 2 unspecified atom stereocenters. The molecular weight excluding hydrogens is 302 g/mol. The van der Waals surface area contributed by atoms with Crippen molar-refractivity contribution in [1.29, 1.82) is 0 Å². The number of nitrogens with two attached hydrogens (primary N) is 1. The topological polar surface area (TPSA) is 95.8 Å². The third kappa shape index (κ3) is 3.53. The molecule has 0 saturated carbocycles. The van der Waals surface area contributed by atoms with Gasteiger partial charge in [-0.25, -0.2) is 0 Å². The zero-order valence-electron chi connectivity index (χ0n) is 14.2. The van der Waals surface area contributed by atoms with Crippen LogP contribution in [0.2, 0.25) is 0 Å². The third-order valence-corrected chi connectivity index (χ3v) is 4.77. The summed E-state index contributed by atoms with van der Waals surface area (Å²) in [6.45, 7) is 6.03. The van der Waals surface area contributed by atoms with Crippen LogP contribution in [0.15, 0.2) is 29.1 Å². The van der Waals surface area contributed by atoms with Gasteiger partial charge >= 0.3 is 0 Å². The van der Waals surface area contributed by atoms with Crippen molar-refractivity contribution < 1.29 is 0 Å². The zero-order valence-corrected chi connectivity index (χ0v) is 14.2. The summed E-state index contributed by atoms with van der Waals surface area (Å²) >= 11 is 0. The molecule has 2 heterocycles. The maximum atomic E-state index is 12.0. The smallest absolute Gasteiger partial charge is 0.257 e. The van der Waals surface area contributed by atoms with Crippen LogP contribution in [0.1, 0.15) is 37.3 Å². The van der Waals surface area contributed by atoms with Crippen LogP contribution in [0.5, 0.6) is 0 Å². The first-order chi connectivity index (χ1) is 11.6. The average Bonchev–Trinajstić information content (AvgIpc) is 2.60. The summed E-state index contributed by atoms with van der Waals surface area (Å²) in [6, 6.07) is 8.62. The molecule has 1 aliphatic heterocycles. The Morgan fingerprint density at radius 3 is 2.83 bits per heavy atom. The minimum Gasteiger partial charge on any atom is -0.385 e. The first kappa shape index (κ1) is 16.4. The summed E-state index contributed by atoms with van der Waals surface area (Å²) in [5.41, 5.74) is 8.60. The number of H-pyrrole nitrogens is 1. The normalized spacial score (nSPS) is 17.7. The molecule has 2 aromatic rings. The predicted molar refractivity (Wildman–Crippen MR) is 98.6 cm³/mol. The molecule has 1 aromatic heterocycles. The van der Waals surface area contributed by atoms with Crippen molar-refractivity contribution in [3.8, 4) is 0 Å². The molecule has 0 bridgehead atoms. The molecular formula is C18H25N5O. The standard InChI is InChI=1S/C18H25N5O/c1-3-11(2)13-4-6-14(7-5-13)20-9-12-8-15-16(21-10-12)22-18(19)23-17(15)24/h4-7,11-12,20H,3,8-10H2,1-2H3,(H4,19,21,22,23,24). The predicted octanol–water partition coefficient (Wildman–Crippen LogP) is 2.56. The average molecular weight is 327 g/mol. The first-order valence-electron chi connectivity index (χ1n) is 8.53. The molecule has 6 heteroatoms. The van der Waals surface area contributed by atoms with Crippen LogP contribution in [0.25, 0.3) is 0 Å². The van der Waals surface area contributed by atoms with Gasteiger partial charge in [-0.3, -0.25) is 9.78 Å². The molecule has 0 amide bonds. The number of fused-ring (bicyclic) bond motifs is 1. The molecule has 0 spiro atoms. The van der Waals surface area contributed by atoms with E-state index in [0.717, 1.165) is 25.2 Å². The number of hydrogen-bond donors (Lipinski definition) is 4. The highest BCUT2D eigenvalue weighted by Crippen LogP contribution is 2.22. The fraction of sp³-hybridized carbons (Fsp3) is 0.444. The van der Waals surface area contributed by atoms with Crippen molar-refractivity contribution >= 4 is 17.5 Å². The highest BCUT2D eigenvalue weighted by atomic mass is 16.1. The molecule has 0 radical (unpaired) electrons. The minimum atomic E-state index is -0.146. The Labute approximate surface area is 141 Å². The number of nitrogens with one attached hydrogen (secondary N) is 3. The molecule has 0 saturated heterocycles. The number of benzene rings is 1. The van der Waals surface area contributed by atoms with Gasteiger partial charge in [0.25, 0.3) is 5.56 Å². The highest BCUT2D eigenvalue weighted by Gasteiger charge is 2.22. The van der Waals surface area contributed by atoms with Gasteiger partial charge in [-0.05, 0) is 42.4 Å². The molecule has 1 aliphatic rings. The summed E-state index contributed by atoms with van der Waals surface area (Å²) in [5, 5.41) is 6.67. The van der Waals surface area contributed by atoms with Gasteiger partial charge in [0, 0.05) is 18.8 Å². The fourth-order valence-electron chi connectivity index (χ4n) is 3.02. The van der Waals surface area contributed by atoms with Crippen molar-refractivity contribution in [2.75, 3.05) is 29.5 Å². The van der Waals surface area contributed by atoms with Gasteiger partial charge in [-0.1, -0.05) is 26.0 Å². The van der Waals surface area contributed by atoms with Crippen molar-refractivity contribution in [2.45, 2.75) is 32.6 Å². The maximum Gasteiger partial charge on any atom is 0.257 e. The monoisotopic (exact) mass is 327 g/mol. The Kier molecular flexibility index (Phi) is 4.74. The number of hydrogen-bond acceptors (Lipinski definition) is 5. The van der Waals surface area contributed by atoms with Gasteiger partial charge in [0.05, 0.1) is 5.56 Å². The molecule has 24 heavy (non-hydrogen) atoms. The summed E-state index contributed by atoms with van der Waals surface area (Å²) in [7, 11) is 0. The number of aromatic amines is 1. The van der Waals surface area contributed by atoms with E-state index in [9.17, 15) is 4.79 Å². The van der Waals surface area contributed by atoms with Crippen molar-refractivity contribution in [1.82, 2.24) is 9.97 Å². The SMILES string of the molecule is CCC(C)c1ccc(NCC2CNc3nc(N)[nH]c(=O)c3C2)cc1. The molecule has 1 aromatic carbocycles. The van der Waals surface area contributed by atoms with E-state index in [1.165, 1.54) is 5.56 Å². The second kappa shape index (κ2) is 6.95. The second-order valence-electron chi connectivity index (χ2n) is 6.54. The number of rotatable bonds is 5. The lowest BCUT2D eigenvalue weighted by atomic mass is 9.96. The third-order valence-electron chi connectivity index (χ3n) is 4.77. The van der Waals surface area contributed by atoms with Gasteiger partial charge < -0.3 is 16.4 Å². The fourth-order valence-corrected chi connectivity index (χ4v) is 3.02.